The first-order valence-electron chi connectivity index (χ1n) is 6.66. The number of ether oxygens (including phenoxy) is 1. The van der Waals surface area contributed by atoms with E-state index in [-0.39, 0.29) is 6.04 Å². The van der Waals surface area contributed by atoms with Crippen molar-refractivity contribution in [1.82, 2.24) is 10.3 Å². The van der Waals surface area contributed by atoms with Crippen molar-refractivity contribution in [2.75, 3.05) is 13.7 Å². The lowest BCUT2D eigenvalue weighted by molar-refractivity contribution is 0.400. The van der Waals surface area contributed by atoms with Gasteiger partial charge >= 0.3 is 0 Å². The summed E-state index contributed by atoms with van der Waals surface area (Å²) < 4.78 is 6.55. The number of rotatable bonds is 5. The van der Waals surface area contributed by atoms with Gasteiger partial charge in [-0.25, -0.2) is 0 Å². The van der Waals surface area contributed by atoms with Gasteiger partial charge in [0.15, 0.2) is 0 Å². The van der Waals surface area contributed by atoms with E-state index in [1.165, 1.54) is 11.1 Å². The monoisotopic (exact) mass is 334 g/mol. The predicted octanol–water partition coefficient (Wildman–Crippen LogP) is 3.86. The molecule has 0 saturated heterocycles. The fourth-order valence-electron chi connectivity index (χ4n) is 2.29. The third-order valence-corrected chi connectivity index (χ3v) is 4.18. The summed E-state index contributed by atoms with van der Waals surface area (Å²) in [6, 6.07) is 10.1. The van der Waals surface area contributed by atoms with Crippen molar-refractivity contribution in [3.63, 3.8) is 0 Å². The van der Waals surface area contributed by atoms with Crippen LogP contribution in [-0.2, 0) is 0 Å². The van der Waals surface area contributed by atoms with Gasteiger partial charge in [0, 0.05) is 10.7 Å². The van der Waals surface area contributed by atoms with Gasteiger partial charge in [0.05, 0.1) is 13.2 Å². The van der Waals surface area contributed by atoms with Gasteiger partial charge in [-0.1, -0.05) is 35.0 Å². The molecule has 2 aromatic rings. The summed E-state index contributed by atoms with van der Waals surface area (Å²) in [5, 5.41) is 3.49. The Labute approximate surface area is 128 Å². The minimum Gasteiger partial charge on any atom is -0.495 e. The normalized spacial score (nSPS) is 12.2. The maximum atomic E-state index is 5.45. The van der Waals surface area contributed by atoms with Gasteiger partial charge < -0.3 is 10.1 Å². The van der Waals surface area contributed by atoms with Crippen LogP contribution in [0.4, 0.5) is 0 Å². The lowest BCUT2D eigenvalue weighted by Gasteiger charge is -2.22. The third-order valence-electron chi connectivity index (χ3n) is 3.32. The number of benzene rings is 1. The van der Waals surface area contributed by atoms with Crippen molar-refractivity contribution >= 4 is 15.9 Å². The number of halogens is 1. The zero-order valence-electron chi connectivity index (χ0n) is 12.0. The molecule has 0 aliphatic rings. The fourth-order valence-corrected chi connectivity index (χ4v) is 2.67. The Hall–Kier alpha value is -1.39. The Morgan fingerprint density at radius 2 is 2.10 bits per heavy atom. The molecule has 0 bridgehead atoms. The maximum Gasteiger partial charge on any atom is 0.142 e. The minimum atomic E-state index is 0.0219. The Morgan fingerprint density at radius 3 is 2.80 bits per heavy atom. The number of nitrogens with one attached hydrogen (secondary N) is 1. The molecule has 2 rings (SSSR count). The van der Waals surface area contributed by atoms with Crippen molar-refractivity contribution < 1.29 is 4.74 Å². The highest BCUT2D eigenvalue weighted by Gasteiger charge is 2.20. The molecule has 0 amide bonds. The van der Waals surface area contributed by atoms with Crippen molar-refractivity contribution in [2.45, 2.75) is 19.9 Å². The summed E-state index contributed by atoms with van der Waals surface area (Å²) in [6.45, 7) is 5.06. The molecule has 1 aromatic heterocycles. The Kier molecular flexibility index (Phi) is 5.15. The van der Waals surface area contributed by atoms with Crippen LogP contribution in [0.15, 0.2) is 41.0 Å². The molecule has 1 aromatic carbocycles. The molecule has 20 heavy (non-hydrogen) atoms. The van der Waals surface area contributed by atoms with E-state index in [4.69, 9.17) is 4.74 Å². The van der Waals surface area contributed by atoms with Gasteiger partial charge in [-0.15, -0.1) is 0 Å². The highest BCUT2D eigenvalue weighted by Crippen LogP contribution is 2.32. The smallest absolute Gasteiger partial charge is 0.142 e. The second-order valence-corrected chi connectivity index (χ2v) is 5.39. The summed E-state index contributed by atoms with van der Waals surface area (Å²) in [7, 11) is 1.68. The highest BCUT2D eigenvalue weighted by atomic mass is 79.9. The van der Waals surface area contributed by atoms with Crippen LogP contribution in [0, 0.1) is 6.92 Å². The zero-order valence-corrected chi connectivity index (χ0v) is 13.6. The minimum absolute atomic E-state index is 0.0219. The van der Waals surface area contributed by atoms with E-state index in [0.29, 0.717) is 0 Å². The fraction of sp³-hybridized carbons (Fsp3) is 0.312. The van der Waals surface area contributed by atoms with Gasteiger partial charge in [-0.2, -0.15) is 0 Å². The van der Waals surface area contributed by atoms with Gasteiger partial charge in [-0.3, -0.25) is 4.98 Å². The lowest BCUT2D eigenvalue weighted by atomic mass is 9.97. The molecule has 3 nitrogen and oxygen atoms in total. The van der Waals surface area contributed by atoms with Crippen molar-refractivity contribution in [3.8, 4) is 5.75 Å². The molecule has 4 heteroatoms. The topological polar surface area (TPSA) is 34.2 Å². The summed E-state index contributed by atoms with van der Waals surface area (Å²) >= 11 is 3.59. The van der Waals surface area contributed by atoms with Crippen LogP contribution in [0.3, 0.4) is 0 Å². The van der Waals surface area contributed by atoms with Crippen molar-refractivity contribution in [1.29, 1.82) is 0 Å². The van der Waals surface area contributed by atoms with E-state index in [9.17, 15) is 0 Å². The van der Waals surface area contributed by atoms with Crippen LogP contribution in [0.25, 0.3) is 0 Å². The maximum absolute atomic E-state index is 5.45. The molecule has 0 aliphatic heterocycles. The van der Waals surface area contributed by atoms with E-state index in [1.54, 1.807) is 13.3 Å². The molecule has 1 atom stereocenters. The number of nitrogens with zero attached hydrogens (tertiary/aromatic N) is 1. The summed E-state index contributed by atoms with van der Waals surface area (Å²) in [4.78, 5) is 4.51. The van der Waals surface area contributed by atoms with E-state index < -0.39 is 0 Å². The number of aromatic nitrogens is 1. The Bertz CT molecular complexity index is 586. The summed E-state index contributed by atoms with van der Waals surface area (Å²) in [5.74, 6) is 0.804. The first-order valence-corrected chi connectivity index (χ1v) is 7.45. The van der Waals surface area contributed by atoms with Crippen molar-refractivity contribution in [3.05, 3.63) is 57.8 Å². The molecule has 0 radical (unpaired) electrons. The van der Waals surface area contributed by atoms with Crippen LogP contribution in [0.2, 0.25) is 0 Å². The molecule has 1 heterocycles. The largest absolute Gasteiger partial charge is 0.495 e. The highest BCUT2D eigenvalue weighted by molar-refractivity contribution is 9.10. The van der Waals surface area contributed by atoms with Crippen LogP contribution in [0.1, 0.15) is 29.8 Å². The predicted molar refractivity (Wildman–Crippen MR) is 85.2 cm³/mol. The number of methoxy groups -OCH3 is 1. The van der Waals surface area contributed by atoms with Crippen LogP contribution >= 0.6 is 15.9 Å². The summed E-state index contributed by atoms with van der Waals surface area (Å²) in [5.41, 5.74) is 3.34. The number of pyridine rings is 1. The lowest BCUT2D eigenvalue weighted by Crippen LogP contribution is -2.24. The molecule has 1 N–H and O–H groups in total. The van der Waals surface area contributed by atoms with Gasteiger partial charge in [0.25, 0.3) is 0 Å². The second kappa shape index (κ2) is 6.86. The second-order valence-electron chi connectivity index (χ2n) is 4.54. The van der Waals surface area contributed by atoms with Crippen molar-refractivity contribution in [2.24, 2.45) is 0 Å². The van der Waals surface area contributed by atoms with E-state index >= 15 is 0 Å². The van der Waals surface area contributed by atoms with Gasteiger partial charge in [-0.05, 0) is 42.8 Å². The third kappa shape index (κ3) is 3.02. The molecule has 1 unspecified atom stereocenters. The molecule has 0 spiro atoms. The first kappa shape index (κ1) is 15.0. The Balaban J connectivity index is 2.53. The van der Waals surface area contributed by atoms with E-state index in [1.807, 2.05) is 18.2 Å². The van der Waals surface area contributed by atoms with E-state index in [0.717, 1.165) is 22.5 Å². The zero-order chi connectivity index (χ0) is 14.5. The van der Waals surface area contributed by atoms with E-state index in [2.05, 4.69) is 52.2 Å². The SMILES string of the molecule is CCNC(c1cccc(Br)c1C)c1ncccc1OC. The molecule has 0 fully saturated rings. The standard InChI is InChI=1S/C16H19BrN2O/c1-4-18-15(12-7-5-8-13(17)11(12)2)16-14(20-3)9-6-10-19-16/h5-10,15,18H,4H2,1-3H3. The van der Waals surface area contributed by atoms with Crippen LogP contribution in [-0.4, -0.2) is 18.6 Å². The molecule has 106 valence electrons. The van der Waals surface area contributed by atoms with Gasteiger partial charge in [0.1, 0.15) is 11.4 Å². The molecule has 0 aliphatic carbocycles. The molecular formula is C16H19BrN2O. The van der Waals surface area contributed by atoms with Crippen LogP contribution in [0.5, 0.6) is 5.75 Å². The average molecular weight is 335 g/mol. The summed E-state index contributed by atoms with van der Waals surface area (Å²) in [6.07, 6.45) is 1.80. The average Bonchev–Trinajstić information content (AvgIpc) is 2.48. The Morgan fingerprint density at radius 1 is 1.30 bits per heavy atom. The molecule has 0 saturated carbocycles. The number of hydrogen-bond donors (Lipinski definition) is 1. The molecular weight excluding hydrogens is 316 g/mol. The van der Waals surface area contributed by atoms with Crippen LogP contribution < -0.4 is 10.1 Å². The first-order chi connectivity index (χ1) is 9.69. The number of hydrogen-bond acceptors (Lipinski definition) is 3. The quantitative estimate of drug-likeness (QED) is 0.901. The van der Waals surface area contributed by atoms with Gasteiger partial charge in [0.2, 0.25) is 0 Å².